The van der Waals surface area contributed by atoms with Gasteiger partial charge in [0.2, 0.25) is 0 Å². The molecule has 0 heterocycles. The second kappa shape index (κ2) is 9.07. The summed E-state index contributed by atoms with van der Waals surface area (Å²) in [7, 11) is 0. The van der Waals surface area contributed by atoms with Gasteiger partial charge in [0, 0.05) is 0 Å². The van der Waals surface area contributed by atoms with Crippen LogP contribution in [0.15, 0.2) is 0 Å². The molecule has 0 heteroatoms. The quantitative estimate of drug-likeness (QED) is 0.371. The molecule has 0 amide bonds. The normalized spacial score (nSPS) is 20.6. The first-order valence-electron chi connectivity index (χ1n) is 7.73. The SMILES string of the molecule is CCCCCCC(CC)[C]1CCCCCC1. The number of hydrogen-bond acceptors (Lipinski definition) is 0. The fraction of sp³-hybridized carbons (Fsp3) is 0.938. The van der Waals surface area contributed by atoms with Crippen LogP contribution in [0.25, 0.3) is 0 Å². The number of unbranched alkanes of at least 4 members (excludes halogenated alkanes) is 3. The Balaban J connectivity index is 2.22. The lowest BCUT2D eigenvalue weighted by Gasteiger charge is -2.24. The van der Waals surface area contributed by atoms with Crippen molar-refractivity contribution in [1.29, 1.82) is 0 Å². The first kappa shape index (κ1) is 14.1. The van der Waals surface area contributed by atoms with Gasteiger partial charge in [-0.25, -0.2) is 0 Å². The second-order valence-electron chi connectivity index (χ2n) is 5.53. The van der Waals surface area contributed by atoms with Gasteiger partial charge in [0.1, 0.15) is 0 Å². The van der Waals surface area contributed by atoms with Crippen LogP contribution in [0, 0.1) is 11.8 Å². The van der Waals surface area contributed by atoms with Crippen LogP contribution in [0.3, 0.4) is 0 Å². The zero-order valence-corrected chi connectivity index (χ0v) is 11.6. The van der Waals surface area contributed by atoms with Crippen LogP contribution in [-0.2, 0) is 0 Å². The molecule has 0 aromatic rings. The summed E-state index contributed by atoms with van der Waals surface area (Å²) in [5.74, 6) is 2.89. The smallest absolute Gasteiger partial charge is 0.0210 e. The highest BCUT2D eigenvalue weighted by Crippen LogP contribution is 2.35. The van der Waals surface area contributed by atoms with Crippen molar-refractivity contribution in [1.82, 2.24) is 0 Å². The summed E-state index contributed by atoms with van der Waals surface area (Å²) in [4.78, 5) is 0. The van der Waals surface area contributed by atoms with Crippen molar-refractivity contribution in [3.8, 4) is 0 Å². The van der Waals surface area contributed by atoms with E-state index < -0.39 is 0 Å². The highest BCUT2D eigenvalue weighted by Gasteiger charge is 2.21. The number of hydrogen-bond donors (Lipinski definition) is 0. The van der Waals surface area contributed by atoms with E-state index in [-0.39, 0.29) is 0 Å². The van der Waals surface area contributed by atoms with Crippen LogP contribution in [0.4, 0.5) is 0 Å². The topological polar surface area (TPSA) is 0 Å². The molecule has 0 aliphatic heterocycles. The summed E-state index contributed by atoms with van der Waals surface area (Å²) in [6, 6.07) is 0. The van der Waals surface area contributed by atoms with Gasteiger partial charge in [0.05, 0.1) is 0 Å². The monoisotopic (exact) mass is 223 g/mol. The van der Waals surface area contributed by atoms with E-state index in [1.807, 2.05) is 5.92 Å². The Hall–Kier alpha value is 0. The van der Waals surface area contributed by atoms with E-state index in [0.29, 0.717) is 0 Å². The maximum absolute atomic E-state index is 2.39. The molecule has 1 saturated carbocycles. The predicted molar refractivity (Wildman–Crippen MR) is 73.5 cm³/mol. The summed E-state index contributed by atoms with van der Waals surface area (Å²) in [5, 5.41) is 0. The van der Waals surface area contributed by atoms with Crippen LogP contribution >= 0.6 is 0 Å². The summed E-state index contributed by atoms with van der Waals surface area (Å²) in [5.41, 5.74) is 0. The van der Waals surface area contributed by atoms with Crippen LogP contribution in [0.2, 0.25) is 0 Å². The summed E-state index contributed by atoms with van der Waals surface area (Å²) in [6.07, 6.45) is 17.4. The molecule has 1 radical (unpaired) electrons. The maximum atomic E-state index is 2.39. The fourth-order valence-corrected chi connectivity index (χ4v) is 3.11. The maximum Gasteiger partial charge on any atom is -0.0210 e. The van der Waals surface area contributed by atoms with Crippen molar-refractivity contribution < 1.29 is 0 Å². The van der Waals surface area contributed by atoms with Crippen molar-refractivity contribution in [2.75, 3.05) is 0 Å². The van der Waals surface area contributed by atoms with Gasteiger partial charge in [-0.15, -0.1) is 0 Å². The molecule has 95 valence electrons. The minimum absolute atomic E-state index is 0.968. The average molecular weight is 223 g/mol. The van der Waals surface area contributed by atoms with Crippen molar-refractivity contribution in [2.45, 2.75) is 90.9 Å². The lowest BCUT2D eigenvalue weighted by atomic mass is 9.81. The van der Waals surface area contributed by atoms with E-state index in [1.165, 1.54) is 77.0 Å². The predicted octanol–water partition coefficient (Wildman–Crippen LogP) is 5.91. The lowest BCUT2D eigenvalue weighted by Crippen LogP contribution is -2.11. The Morgan fingerprint density at radius 2 is 1.56 bits per heavy atom. The molecule has 0 bridgehead atoms. The van der Waals surface area contributed by atoms with Gasteiger partial charge >= 0.3 is 0 Å². The zero-order valence-electron chi connectivity index (χ0n) is 11.6. The van der Waals surface area contributed by atoms with Crippen molar-refractivity contribution in [2.24, 2.45) is 5.92 Å². The highest BCUT2D eigenvalue weighted by molar-refractivity contribution is 4.96. The van der Waals surface area contributed by atoms with Crippen molar-refractivity contribution >= 4 is 0 Å². The molecular formula is C16H31. The molecule has 16 heavy (non-hydrogen) atoms. The average Bonchev–Trinajstić information content (AvgIpc) is 2.58. The van der Waals surface area contributed by atoms with Crippen LogP contribution in [-0.4, -0.2) is 0 Å². The Labute approximate surface area is 103 Å². The Morgan fingerprint density at radius 3 is 2.12 bits per heavy atom. The number of rotatable bonds is 7. The van der Waals surface area contributed by atoms with Gasteiger partial charge in [-0.3, -0.25) is 0 Å². The minimum Gasteiger partial charge on any atom is -0.0654 e. The standard InChI is InChI=1S/C16H31/c1-3-5-6-9-12-15(4-2)16-13-10-7-8-11-14-16/h15H,3-14H2,1-2H3. The zero-order chi connectivity index (χ0) is 11.6. The highest BCUT2D eigenvalue weighted by atomic mass is 14.3. The Kier molecular flexibility index (Phi) is 7.98. The van der Waals surface area contributed by atoms with Gasteiger partial charge in [-0.2, -0.15) is 0 Å². The van der Waals surface area contributed by atoms with E-state index in [2.05, 4.69) is 13.8 Å². The van der Waals surface area contributed by atoms with E-state index in [9.17, 15) is 0 Å². The van der Waals surface area contributed by atoms with Gasteiger partial charge < -0.3 is 0 Å². The summed E-state index contributed by atoms with van der Waals surface area (Å²) in [6.45, 7) is 4.69. The second-order valence-corrected chi connectivity index (χ2v) is 5.53. The van der Waals surface area contributed by atoms with Crippen molar-refractivity contribution in [3.63, 3.8) is 0 Å². The molecule has 1 atom stereocenters. The van der Waals surface area contributed by atoms with Crippen LogP contribution in [0.5, 0.6) is 0 Å². The molecule has 0 aromatic carbocycles. The third-order valence-electron chi connectivity index (χ3n) is 4.22. The molecule has 0 N–H and O–H groups in total. The Morgan fingerprint density at radius 1 is 0.875 bits per heavy atom. The molecular weight excluding hydrogens is 192 g/mol. The van der Waals surface area contributed by atoms with Crippen molar-refractivity contribution in [3.05, 3.63) is 5.92 Å². The van der Waals surface area contributed by atoms with E-state index >= 15 is 0 Å². The third kappa shape index (κ3) is 5.37. The van der Waals surface area contributed by atoms with Gasteiger partial charge in [-0.05, 0) is 31.1 Å². The molecule has 0 spiro atoms. The molecule has 1 fully saturated rings. The van der Waals surface area contributed by atoms with Crippen LogP contribution in [0.1, 0.15) is 90.9 Å². The van der Waals surface area contributed by atoms with Gasteiger partial charge in [-0.1, -0.05) is 71.6 Å². The van der Waals surface area contributed by atoms with E-state index in [1.54, 1.807) is 0 Å². The van der Waals surface area contributed by atoms with E-state index in [0.717, 1.165) is 5.92 Å². The van der Waals surface area contributed by atoms with E-state index in [4.69, 9.17) is 0 Å². The molecule has 1 aliphatic carbocycles. The van der Waals surface area contributed by atoms with Gasteiger partial charge in [0.25, 0.3) is 0 Å². The first-order chi connectivity index (χ1) is 7.88. The molecule has 1 rings (SSSR count). The molecule has 1 aliphatic rings. The third-order valence-corrected chi connectivity index (χ3v) is 4.22. The molecule has 1 unspecified atom stereocenters. The fourth-order valence-electron chi connectivity index (χ4n) is 3.11. The first-order valence-corrected chi connectivity index (χ1v) is 7.73. The summed E-state index contributed by atoms with van der Waals surface area (Å²) < 4.78 is 0. The largest absolute Gasteiger partial charge is 0.0654 e. The molecule has 0 aromatic heterocycles. The Bertz CT molecular complexity index is 142. The molecule has 0 saturated heterocycles. The summed E-state index contributed by atoms with van der Waals surface area (Å²) >= 11 is 0. The minimum atomic E-state index is 0.968. The molecule has 0 nitrogen and oxygen atoms in total. The lowest BCUT2D eigenvalue weighted by molar-refractivity contribution is 0.417. The van der Waals surface area contributed by atoms with Crippen LogP contribution < -0.4 is 0 Å². The van der Waals surface area contributed by atoms with Gasteiger partial charge in [0.15, 0.2) is 0 Å².